The Hall–Kier alpha value is -2.39. The summed E-state index contributed by atoms with van der Waals surface area (Å²) in [5.74, 6) is 0.290. The first-order valence-corrected chi connectivity index (χ1v) is 8.70. The maximum absolute atomic E-state index is 12.4. The fraction of sp³-hybridized carbons (Fsp3) is 0.333. The van der Waals surface area contributed by atoms with Gasteiger partial charge in [0.15, 0.2) is 0 Å². The molecule has 1 aliphatic rings. The largest absolute Gasteiger partial charge is 0.463 e. The van der Waals surface area contributed by atoms with Crippen molar-refractivity contribution < 1.29 is 14.3 Å². The molecule has 0 aromatic heterocycles. The summed E-state index contributed by atoms with van der Waals surface area (Å²) in [5, 5.41) is 9.50. The van der Waals surface area contributed by atoms with Crippen LogP contribution in [0.25, 0.3) is 0 Å². The van der Waals surface area contributed by atoms with Gasteiger partial charge in [-0.1, -0.05) is 19.1 Å². The van der Waals surface area contributed by atoms with Crippen LogP contribution in [0.1, 0.15) is 32.3 Å². The first kappa shape index (κ1) is 18.0. The van der Waals surface area contributed by atoms with Crippen LogP contribution in [0.3, 0.4) is 0 Å². The number of hydrogen-bond donors (Lipinski definition) is 1. The number of esters is 1. The van der Waals surface area contributed by atoms with Gasteiger partial charge in [-0.15, -0.1) is 11.8 Å². The molecule has 0 aliphatic carbocycles. The lowest BCUT2D eigenvalue weighted by Crippen LogP contribution is -2.25. The second kappa shape index (κ2) is 7.93. The number of thioether (sulfide) groups is 1. The van der Waals surface area contributed by atoms with Crippen molar-refractivity contribution in [3.05, 3.63) is 52.6 Å². The van der Waals surface area contributed by atoms with Crippen molar-refractivity contribution in [2.75, 3.05) is 12.4 Å². The van der Waals surface area contributed by atoms with Gasteiger partial charge in [-0.3, -0.25) is 0 Å². The van der Waals surface area contributed by atoms with Gasteiger partial charge in [0.25, 0.3) is 0 Å². The van der Waals surface area contributed by atoms with Gasteiger partial charge in [0.1, 0.15) is 17.4 Å². The number of benzene rings is 1. The van der Waals surface area contributed by atoms with Crippen molar-refractivity contribution in [3.63, 3.8) is 0 Å². The SMILES string of the molecule is CCOC(=O)C1=C(C)OC(N)=C(C#N)C1c1ccc(SCC)cc1. The van der Waals surface area contributed by atoms with Gasteiger partial charge in [0.2, 0.25) is 5.88 Å². The zero-order chi connectivity index (χ0) is 17.7. The predicted molar refractivity (Wildman–Crippen MR) is 92.8 cm³/mol. The molecule has 5 nitrogen and oxygen atoms in total. The minimum atomic E-state index is -0.580. The molecule has 1 aromatic rings. The monoisotopic (exact) mass is 344 g/mol. The van der Waals surface area contributed by atoms with Gasteiger partial charge in [0, 0.05) is 4.90 Å². The van der Waals surface area contributed by atoms with E-state index in [4.69, 9.17) is 15.2 Å². The van der Waals surface area contributed by atoms with Crippen LogP contribution in [-0.4, -0.2) is 18.3 Å². The van der Waals surface area contributed by atoms with Gasteiger partial charge < -0.3 is 15.2 Å². The van der Waals surface area contributed by atoms with E-state index >= 15 is 0 Å². The Morgan fingerprint density at radius 2 is 2.04 bits per heavy atom. The maximum atomic E-state index is 12.4. The van der Waals surface area contributed by atoms with Crippen molar-refractivity contribution in [2.24, 2.45) is 5.73 Å². The topological polar surface area (TPSA) is 85.3 Å². The highest BCUT2D eigenvalue weighted by molar-refractivity contribution is 7.99. The second-order valence-electron chi connectivity index (χ2n) is 5.12. The summed E-state index contributed by atoms with van der Waals surface area (Å²) in [5.41, 5.74) is 7.21. The smallest absolute Gasteiger partial charge is 0.338 e. The lowest BCUT2D eigenvalue weighted by Gasteiger charge is -2.26. The number of carbonyl (C=O) groups excluding carboxylic acids is 1. The van der Waals surface area contributed by atoms with Crippen LogP contribution in [0.15, 0.2) is 51.9 Å². The molecule has 126 valence electrons. The van der Waals surface area contributed by atoms with E-state index in [2.05, 4.69) is 13.0 Å². The zero-order valence-corrected chi connectivity index (χ0v) is 14.8. The molecule has 24 heavy (non-hydrogen) atoms. The number of nitrogens with two attached hydrogens (primary N) is 1. The molecular weight excluding hydrogens is 324 g/mol. The Kier molecular flexibility index (Phi) is 5.93. The van der Waals surface area contributed by atoms with Crippen molar-refractivity contribution in [1.82, 2.24) is 0 Å². The third kappa shape index (κ3) is 3.57. The van der Waals surface area contributed by atoms with Crippen molar-refractivity contribution in [3.8, 4) is 6.07 Å². The molecule has 1 heterocycles. The van der Waals surface area contributed by atoms with Crippen LogP contribution < -0.4 is 5.73 Å². The molecule has 1 aromatic carbocycles. The fourth-order valence-electron chi connectivity index (χ4n) is 2.61. The van der Waals surface area contributed by atoms with Crippen LogP contribution in [-0.2, 0) is 14.3 Å². The van der Waals surface area contributed by atoms with Crippen molar-refractivity contribution >= 4 is 17.7 Å². The summed E-state index contributed by atoms with van der Waals surface area (Å²) >= 11 is 1.72. The van der Waals surface area contributed by atoms with Gasteiger partial charge in [-0.25, -0.2) is 4.79 Å². The number of hydrogen-bond acceptors (Lipinski definition) is 6. The highest BCUT2D eigenvalue weighted by Crippen LogP contribution is 2.39. The lowest BCUT2D eigenvalue weighted by atomic mass is 9.83. The first-order valence-electron chi connectivity index (χ1n) is 7.71. The average molecular weight is 344 g/mol. The molecule has 0 saturated heterocycles. The highest BCUT2D eigenvalue weighted by atomic mass is 32.2. The van der Waals surface area contributed by atoms with Crippen molar-refractivity contribution in [1.29, 1.82) is 5.26 Å². The van der Waals surface area contributed by atoms with Crippen molar-refractivity contribution in [2.45, 2.75) is 31.6 Å². The molecule has 2 rings (SSSR count). The average Bonchev–Trinajstić information content (AvgIpc) is 2.55. The van der Waals surface area contributed by atoms with Crippen LogP contribution in [0.5, 0.6) is 0 Å². The van der Waals surface area contributed by atoms with Gasteiger partial charge >= 0.3 is 5.97 Å². The summed E-state index contributed by atoms with van der Waals surface area (Å²) in [6.45, 7) is 5.72. The molecule has 0 radical (unpaired) electrons. The Bertz CT molecular complexity index is 730. The molecule has 0 saturated carbocycles. The normalized spacial score (nSPS) is 17.3. The summed E-state index contributed by atoms with van der Waals surface area (Å²) in [4.78, 5) is 13.5. The minimum Gasteiger partial charge on any atom is -0.463 e. The van der Waals surface area contributed by atoms with Crippen LogP contribution in [0.4, 0.5) is 0 Å². The molecule has 0 bridgehead atoms. The first-order chi connectivity index (χ1) is 11.5. The van der Waals surface area contributed by atoms with E-state index in [1.165, 1.54) is 0 Å². The minimum absolute atomic E-state index is 0.0278. The van der Waals surface area contributed by atoms with Crippen LogP contribution in [0, 0.1) is 11.3 Å². The Balaban J connectivity index is 2.51. The van der Waals surface area contributed by atoms with Gasteiger partial charge in [-0.2, -0.15) is 5.26 Å². The van der Waals surface area contributed by atoms with Crippen LogP contribution in [0.2, 0.25) is 0 Å². The van der Waals surface area contributed by atoms with Gasteiger partial charge in [0.05, 0.1) is 18.1 Å². The third-order valence-corrected chi connectivity index (χ3v) is 4.52. The fourth-order valence-corrected chi connectivity index (χ4v) is 3.27. The number of nitrogens with zero attached hydrogens (tertiary/aromatic N) is 1. The summed E-state index contributed by atoms with van der Waals surface area (Å²) in [7, 11) is 0. The molecule has 1 atom stereocenters. The Morgan fingerprint density at radius 1 is 1.38 bits per heavy atom. The number of allylic oxidation sites excluding steroid dienone is 2. The molecule has 2 N–H and O–H groups in total. The summed E-state index contributed by atoms with van der Waals surface area (Å²) < 4.78 is 10.5. The molecule has 6 heteroatoms. The molecule has 0 fully saturated rings. The maximum Gasteiger partial charge on any atom is 0.338 e. The lowest BCUT2D eigenvalue weighted by molar-refractivity contribution is -0.139. The number of rotatable bonds is 5. The van der Waals surface area contributed by atoms with E-state index in [1.54, 1.807) is 25.6 Å². The molecule has 1 unspecified atom stereocenters. The third-order valence-electron chi connectivity index (χ3n) is 3.63. The number of carbonyl (C=O) groups is 1. The van der Waals surface area contributed by atoms with E-state index in [0.717, 1.165) is 16.2 Å². The van der Waals surface area contributed by atoms with Crippen LogP contribution >= 0.6 is 11.8 Å². The standard InChI is InChI=1S/C18H20N2O3S/c1-4-22-18(21)15-11(3)23-17(20)14(10-19)16(15)12-6-8-13(9-7-12)24-5-2/h6-9,16H,4-5,20H2,1-3H3. The highest BCUT2D eigenvalue weighted by Gasteiger charge is 2.36. The van der Waals surface area contributed by atoms with Gasteiger partial charge in [-0.05, 0) is 37.3 Å². The molecule has 0 amide bonds. The zero-order valence-electron chi connectivity index (χ0n) is 14.0. The van der Waals surface area contributed by atoms with E-state index in [-0.39, 0.29) is 18.1 Å². The quantitative estimate of drug-likeness (QED) is 0.650. The Labute approximate surface area is 146 Å². The molecule has 0 spiro atoms. The van der Waals surface area contributed by atoms with E-state index in [9.17, 15) is 10.1 Å². The predicted octanol–water partition coefficient (Wildman–Crippen LogP) is 3.44. The van der Waals surface area contributed by atoms with E-state index in [1.807, 2.05) is 24.3 Å². The van der Waals surface area contributed by atoms with E-state index in [0.29, 0.717) is 11.3 Å². The second-order valence-corrected chi connectivity index (χ2v) is 6.45. The molecule has 1 aliphatic heterocycles. The Morgan fingerprint density at radius 3 is 2.58 bits per heavy atom. The number of ether oxygens (including phenoxy) is 2. The summed E-state index contributed by atoms with van der Waals surface area (Å²) in [6.07, 6.45) is 0. The van der Waals surface area contributed by atoms with E-state index < -0.39 is 11.9 Å². The number of nitriles is 1. The molecular formula is C18H20N2O3S. The summed E-state index contributed by atoms with van der Waals surface area (Å²) in [6, 6.07) is 9.84.